The summed E-state index contributed by atoms with van der Waals surface area (Å²) >= 11 is 22.3. The highest BCUT2D eigenvalue weighted by Crippen LogP contribution is 2.29. The number of rotatable bonds is 14. The molecule has 0 saturated carbocycles. The molecule has 12 heteroatoms. The van der Waals surface area contributed by atoms with Crippen molar-refractivity contribution in [1.82, 2.24) is 5.06 Å². The van der Waals surface area contributed by atoms with E-state index in [0.29, 0.717) is 61.1 Å². The van der Waals surface area contributed by atoms with E-state index in [1.54, 1.807) is 19.2 Å². The largest absolute Gasteiger partial charge is 0.495 e. The molecule has 1 aromatic carbocycles. The van der Waals surface area contributed by atoms with Crippen LogP contribution in [0.1, 0.15) is 10.4 Å². The van der Waals surface area contributed by atoms with Crippen LogP contribution in [0, 0.1) is 0 Å². The lowest BCUT2D eigenvalue weighted by Crippen LogP contribution is -2.30. The Kier molecular flexibility index (Phi) is 16.8. The standard InChI is InChI=1S/C12H15Cl2NO3.C6H11Cl2NO3/c1-18-11-3-2-9(12(16)17)8-10(11)15(6-4-13)7-5-14;7-1-3-9(4-2-8)12-5-6(10)11/h2-3,8H,4-7H2,1H3,(H,16,17);1-5H2,(H,10,11). The fraction of sp³-hybridized carbons (Fsp3) is 0.556. The van der Waals surface area contributed by atoms with Crippen molar-refractivity contribution < 1.29 is 29.4 Å². The number of hydrogen-bond donors (Lipinski definition) is 2. The quantitative estimate of drug-likeness (QED) is 0.291. The zero-order chi connectivity index (χ0) is 22.9. The molecule has 0 bridgehead atoms. The molecule has 0 fully saturated rings. The summed E-state index contributed by atoms with van der Waals surface area (Å²) in [5, 5.41) is 18.7. The van der Waals surface area contributed by atoms with Crippen LogP contribution in [-0.2, 0) is 9.63 Å². The molecular weight excluding hydrogens is 482 g/mol. The molecule has 0 spiro atoms. The molecule has 30 heavy (non-hydrogen) atoms. The zero-order valence-corrected chi connectivity index (χ0v) is 19.6. The van der Waals surface area contributed by atoms with Crippen molar-refractivity contribution in [3.8, 4) is 5.75 Å². The number of nitrogens with zero attached hydrogens (tertiary/aromatic N) is 2. The maximum Gasteiger partial charge on any atom is 0.335 e. The summed E-state index contributed by atoms with van der Waals surface area (Å²) in [4.78, 5) is 27.8. The molecular formula is C18H26Cl4N2O6. The number of benzene rings is 1. The Morgan fingerprint density at radius 2 is 1.47 bits per heavy atom. The van der Waals surface area contributed by atoms with E-state index < -0.39 is 11.9 Å². The number of halogens is 4. The molecule has 8 nitrogen and oxygen atoms in total. The molecule has 0 radical (unpaired) electrons. The topological polar surface area (TPSA) is 99.5 Å². The molecule has 0 aliphatic carbocycles. The molecule has 0 amide bonds. The smallest absolute Gasteiger partial charge is 0.335 e. The van der Waals surface area contributed by atoms with Crippen LogP contribution >= 0.6 is 46.4 Å². The van der Waals surface area contributed by atoms with E-state index in [-0.39, 0.29) is 12.2 Å². The summed E-state index contributed by atoms with van der Waals surface area (Å²) in [5.41, 5.74) is 0.902. The van der Waals surface area contributed by atoms with E-state index in [0.717, 1.165) is 0 Å². The second-order valence-electron chi connectivity index (χ2n) is 5.53. The van der Waals surface area contributed by atoms with Gasteiger partial charge in [0, 0.05) is 49.7 Å². The lowest BCUT2D eigenvalue weighted by molar-refractivity contribution is -0.177. The lowest BCUT2D eigenvalue weighted by Gasteiger charge is -2.25. The Balaban J connectivity index is 0.000000612. The van der Waals surface area contributed by atoms with Crippen LogP contribution < -0.4 is 9.64 Å². The minimum atomic E-state index is -1.01. The highest BCUT2D eigenvalue weighted by molar-refractivity contribution is 6.19. The van der Waals surface area contributed by atoms with Crippen LogP contribution in [0.4, 0.5) is 5.69 Å². The SMILES string of the molecule is COc1ccc(C(=O)O)cc1N(CCCl)CCCl.O=C(O)CON(CCCl)CCCl. The molecule has 0 unspecified atom stereocenters. The second kappa shape index (κ2) is 17.5. The first-order valence-corrected chi connectivity index (χ1v) is 11.0. The third kappa shape index (κ3) is 11.9. The first-order valence-electron chi connectivity index (χ1n) is 8.84. The highest BCUT2D eigenvalue weighted by atomic mass is 35.5. The van der Waals surface area contributed by atoms with Gasteiger partial charge in [0.05, 0.1) is 18.4 Å². The molecule has 1 rings (SSSR count). The Morgan fingerprint density at radius 1 is 0.933 bits per heavy atom. The second-order valence-corrected chi connectivity index (χ2v) is 7.04. The minimum Gasteiger partial charge on any atom is -0.495 e. The summed E-state index contributed by atoms with van der Waals surface area (Å²) in [6.07, 6.45) is 0. The number of hydroxylamine groups is 2. The number of carbonyl (C=O) groups is 2. The summed E-state index contributed by atoms with van der Waals surface area (Å²) in [7, 11) is 1.54. The van der Waals surface area contributed by atoms with Gasteiger partial charge in [-0.1, -0.05) is 0 Å². The Hall–Kier alpha value is -1.16. The average molecular weight is 508 g/mol. The number of anilines is 1. The monoisotopic (exact) mass is 506 g/mol. The van der Waals surface area contributed by atoms with E-state index in [1.165, 1.54) is 11.1 Å². The normalized spacial score (nSPS) is 10.3. The first kappa shape index (κ1) is 28.8. The molecule has 0 heterocycles. The van der Waals surface area contributed by atoms with E-state index >= 15 is 0 Å². The van der Waals surface area contributed by atoms with Gasteiger partial charge in [-0.2, -0.15) is 5.06 Å². The first-order chi connectivity index (χ1) is 14.3. The van der Waals surface area contributed by atoms with Crippen LogP contribution in [0.5, 0.6) is 5.75 Å². The zero-order valence-electron chi connectivity index (χ0n) is 16.5. The molecule has 2 N–H and O–H groups in total. The van der Waals surface area contributed by atoms with Gasteiger partial charge in [-0.05, 0) is 18.2 Å². The van der Waals surface area contributed by atoms with Gasteiger partial charge in [0.25, 0.3) is 0 Å². The van der Waals surface area contributed by atoms with Gasteiger partial charge in [0.15, 0.2) is 6.61 Å². The molecule has 0 atom stereocenters. The number of aromatic carboxylic acids is 1. The summed E-state index contributed by atoms with van der Waals surface area (Å²) < 4.78 is 5.23. The molecule has 0 aliphatic rings. The van der Waals surface area contributed by atoms with Gasteiger partial charge in [-0.15, -0.1) is 46.4 Å². The number of hydrogen-bond acceptors (Lipinski definition) is 6. The van der Waals surface area contributed by atoms with E-state index in [2.05, 4.69) is 0 Å². The molecule has 172 valence electrons. The van der Waals surface area contributed by atoms with Crippen molar-refractivity contribution >= 4 is 64.0 Å². The van der Waals surface area contributed by atoms with Crippen LogP contribution in [0.3, 0.4) is 0 Å². The van der Waals surface area contributed by atoms with Gasteiger partial charge in [-0.25, -0.2) is 9.59 Å². The summed E-state index contributed by atoms with van der Waals surface area (Å²) in [6, 6.07) is 4.71. The van der Waals surface area contributed by atoms with Crippen LogP contribution in [0.15, 0.2) is 18.2 Å². The summed E-state index contributed by atoms with van der Waals surface area (Å²) in [6.45, 7) is 1.75. The van der Waals surface area contributed by atoms with Crippen molar-refractivity contribution in [3.63, 3.8) is 0 Å². The highest BCUT2D eigenvalue weighted by Gasteiger charge is 2.14. The number of ether oxygens (including phenoxy) is 1. The van der Waals surface area contributed by atoms with Crippen molar-refractivity contribution in [2.24, 2.45) is 0 Å². The maximum absolute atomic E-state index is 11.0. The van der Waals surface area contributed by atoms with E-state index in [9.17, 15) is 9.59 Å². The number of alkyl halides is 4. The Morgan fingerprint density at radius 3 is 1.87 bits per heavy atom. The van der Waals surface area contributed by atoms with Crippen molar-refractivity contribution in [1.29, 1.82) is 0 Å². The number of methoxy groups -OCH3 is 1. The van der Waals surface area contributed by atoms with Crippen LogP contribution in [-0.4, -0.2) is 90.6 Å². The van der Waals surface area contributed by atoms with Crippen molar-refractivity contribution in [3.05, 3.63) is 23.8 Å². The van der Waals surface area contributed by atoms with Crippen LogP contribution in [0.25, 0.3) is 0 Å². The summed E-state index contributed by atoms with van der Waals surface area (Å²) in [5.74, 6) is 0.247. The van der Waals surface area contributed by atoms with E-state index in [1.807, 2.05) is 4.90 Å². The van der Waals surface area contributed by atoms with Gasteiger partial charge < -0.3 is 19.8 Å². The van der Waals surface area contributed by atoms with Crippen molar-refractivity contribution in [2.45, 2.75) is 0 Å². The van der Waals surface area contributed by atoms with Gasteiger partial charge in [0.2, 0.25) is 0 Å². The van der Waals surface area contributed by atoms with Gasteiger partial charge in [-0.3, -0.25) is 4.84 Å². The number of carboxylic acid groups (broad SMARTS) is 2. The number of carboxylic acids is 2. The van der Waals surface area contributed by atoms with E-state index in [4.69, 9.17) is 66.2 Å². The number of aliphatic carboxylic acids is 1. The third-order valence-electron chi connectivity index (χ3n) is 3.51. The Bertz CT molecular complexity index is 627. The predicted octanol–water partition coefficient (Wildman–Crippen LogP) is 3.46. The van der Waals surface area contributed by atoms with Gasteiger partial charge in [0.1, 0.15) is 5.75 Å². The molecule has 0 aliphatic heterocycles. The fourth-order valence-electron chi connectivity index (χ4n) is 2.20. The Labute approximate surface area is 196 Å². The third-order valence-corrected chi connectivity index (χ3v) is 4.19. The van der Waals surface area contributed by atoms with Gasteiger partial charge >= 0.3 is 11.9 Å². The lowest BCUT2D eigenvalue weighted by atomic mass is 10.1. The van der Waals surface area contributed by atoms with Crippen molar-refractivity contribution in [2.75, 3.05) is 68.3 Å². The average Bonchev–Trinajstić information content (AvgIpc) is 2.72. The maximum atomic E-state index is 11.0. The predicted molar refractivity (Wildman–Crippen MR) is 120 cm³/mol. The minimum absolute atomic E-state index is 0.208. The fourth-order valence-corrected chi connectivity index (χ4v) is 2.99. The van der Waals surface area contributed by atoms with Crippen LogP contribution in [0.2, 0.25) is 0 Å². The molecule has 0 aromatic heterocycles. The molecule has 0 saturated heterocycles. The molecule has 1 aromatic rings.